The van der Waals surface area contributed by atoms with Gasteiger partial charge in [0.05, 0.1) is 13.5 Å². The van der Waals surface area contributed by atoms with Crippen LogP contribution >= 0.6 is 0 Å². The Hall–Kier alpha value is -3.27. The molecular weight excluding hydrogens is 348 g/mol. The minimum atomic E-state index is -0.0233. The second-order valence-corrected chi connectivity index (χ2v) is 7.06. The molecule has 1 heterocycles. The molecule has 142 valence electrons. The summed E-state index contributed by atoms with van der Waals surface area (Å²) in [4.78, 5) is 14.7. The second-order valence-electron chi connectivity index (χ2n) is 7.06. The number of rotatable bonds is 5. The van der Waals surface area contributed by atoms with Gasteiger partial charge in [-0.25, -0.2) is 0 Å². The Balaban J connectivity index is 1.36. The quantitative estimate of drug-likeness (QED) is 0.720. The van der Waals surface area contributed by atoms with Crippen molar-refractivity contribution < 1.29 is 9.53 Å². The third kappa shape index (κ3) is 4.17. The highest BCUT2D eigenvalue weighted by Gasteiger charge is 2.16. The van der Waals surface area contributed by atoms with E-state index in [-0.39, 0.29) is 5.91 Å². The lowest BCUT2D eigenvalue weighted by Crippen LogP contribution is -2.30. The number of hydrogen-bond donors (Lipinski definition) is 1. The number of nitrogens with zero attached hydrogens (tertiary/aromatic N) is 1. The lowest BCUT2D eigenvalue weighted by molar-refractivity contribution is -0.115. The molecule has 4 rings (SSSR count). The fraction of sp³-hybridized carbons (Fsp3) is 0.208. The van der Waals surface area contributed by atoms with Gasteiger partial charge in [-0.3, -0.25) is 4.79 Å². The molecule has 4 heteroatoms. The van der Waals surface area contributed by atoms with Gasteiger partial charge in [0.25, 0.3) is 0 Å². The molecule has 0 saturated heterocycles. The van der Waals surface area contributed by atoms with Gasteiger partial charge in [0.1, 0.15) is 5.75 Å². The monoisotopic (exact) mass is 372 g/mol. The molecular formula is C24H24N2O2. The molecule has 1 N–H and O–H groups in total. The molecule has 3 aromatic carbocycles. The minimum Gasteiger partial charge on any atom is -0.497 e. The van der Waals surface area contributed by atoms with Crippen LogP contribution in [0.15, 0.2) is 72.8 Å². The Morgan fingerprint density at radius 1 is 0.964 bits per heavy atom. The van der Waals surface area contributed by atoms with Gasteiger partial charge in [0.2, 0.25) is 5.91 Å². The molecule has 0 spiro atoms. The standard InChI is InChI=1S/C24H24N2O2/c1-28-23-12-6-18(7-13-23)16-24(27)25-21-8-10-22(11-9-21)26-15-14-19-4-2-3-5-20(19)17-26/h2-13H,14-17H2,1H3,(H,25,27). The molecule has 0 radical (unpaired) electrons. The highest BCUT2D eigenvalue weighted by Crippen LogP contribution is 2.25. The SMILES string of the molecule is COc1ccc(CC(=O)Nc2ccc(N3CCc4ccccc4C3)cc2)cc1. The van der Waals surface area contributed by atoms with E-state index >= 15 is 0 Å². The average Bonchev–Trinajstić information content (AvgIpc) is 2.74. The largest absolute Gasteiger partial charge is 0.497 e. The number of benzene rings is 3. The van der Waals surface area contributed by atoms with Crippen molar-refractivity contribution in [2.45, 2.75) is 19.4 Å². The van der Waals surface area contributed by atoms with Crippen LogP contribution in [0.3, 0.4) is 0 Å². The van der Waals surface area contributed by atoms with Gasteiger partial charge >= 0.3 is 0 Å². The molecule has 1 amide bonds. The molecule has 0 unspecified atom stereocenters. The number of fused-ring (bicyclic) bond motifs is 1. The number of carbonyl (C=O) groups excluding carboxylic acids is 1. The fourth-order valence-corrected chi connectivity index (χ4v) is 3.61. The first-order chi connectivity index (χ1) is 13.7. The molecule has 4 nitrogen and oxygen atoms in total. The lowest BCUT2D eigenvalue weighted by atomic mass is 9.99. The van der Waals surface area contributed by atoms with Gasteiger partial charge in [0.15, 0.2) is 0 Å². The highest BCUT2D eigenvalue weighted by molar-refractivity contribution is 5.92. The number of hydrogen-bond acceptors (Lipinski definition) is 3. The summed E-state index contributed by atoms with van der Waals surface area (Å²) >= 11 is 0. The van der Waals surface area contributed by atoms with Gasteiger partial charge in [-0.2, -0.15) is 0 Å². The van der Waals surface area contributed by atoms with Crippen molar-refractivity contribution in [1.29, 1.82) is 0 Å². The molecule has 0 aromatic heterocycles. The van der Waals surface area contributed by atoms with Crippen molar-refractivity contribution in [3.05, 3.63) is 89.5 Å². The maximum absolute atomic E-state index is 12.3. The summed E-state index contributed by atoms with van der Waals surface area (Å²) in [7, 11) is 1.63. The summed E-state index contributed by atoms with van der Waals surface area (Å²) in [6.45, 7) is 1.94. The smallest absolute Gasteiger partial charge is 0.228 e. The van der Waals surface area contributed by atoms with E-state index in [0.717, 1.165) is 36.5 Å². The number of ether oxygens (including phenoxy) is 1. The molecule has 1 aliphatic heterocycles. The molecule has 28 heavy (non-hydrogen) atoms. The number of amides is 1. The highest BCUT2D eigenvalue weighted by atomic mass is 16.5. The number of methoxy groups -OCH3 is 1. The summed E-state index contributed by atoms with van der Waals surface area (Å²) in [6, 6.07) is 24.3. The maximum Gasteiger partial charge on any atom is 0.228 e. The zero-order valence-corrected chi connectivity index (χ0v) is 16.0. The van der Waals surface area contributed by atoms with Crippen LogP contribution in [0.1, 0.15) is 16.7 Å². The van der Waals surface area contributed by atoms with Crippen molar-refractivity contribution in [3.63, 3.8) is 0 Å². The van der Waals surface area contributed by atoms with E-state index in [9.17, 15) is 4.79 Å². The third-order valence-electron chi connectivity index (χ3n) is 5.17. The number of nitrogens with one attached hydrogen (secondary N) is 1. The van der Waals surface area contributed by atoms with E-state index in [1.165, 1.54) is 16.8 Å². The molecule has 0 bridgehead atoms. The zero-order chi connectivity index (χ0) is 19.3. The predicted octanol–water partition coefficient (Wildman–Crippen LogP) is 4.44. The van der Waals surface area contributed by atoms with E-state index in [2.05, 4.69) is 46.6 Å². The van der Waals surface area contributed by atoms with Gasteiger partial charge < -0.3 is 15.0 Å². The molecule has 3 aromatic rings. The third-order valence-corrected chi connectivity index (χ3v) is 5.17. The first-order valence-electron chi connectivity index (χ1n) is 9.56. The zero-order valence-electron chi connectivity index (χ0n) is 16.0. The van der Waals surface area contributed by atoms with E-state index in [1.807, 2.05) is 36.4 Å². The van der Waals surface area contributed by atoms with Crippen LogP contribution < -0.4 is 15.0 Å². The van der Waals surface area contributed by atoms with Crippen molar-refractivity contribution in [3.8, 4) is 5.75 Å². The summed E-state index contributed by atoms with van der Waals surface area (Å²) in [5, 5.41) is 2.98. The first-order valence-corrected chi connectivity index (χ1v) is 9.56. The van der Waals surface area contributed by atoms with E-state index in [4.69, 9.17) is 4.74 Å². The summed E-state index contributed by atoms with van der Waals surface area (Å²) in [6.07, 6.45) is 1.41. The predicted molar refractivity (Wildman–Crippen MR) is 113 cm³/mol. The van der Waals surface area contributed by atoms with Gasteiger partial charge in [-0.15, -0.1) is 0 Å². The van der Waals surface area contributed by atoms with Crippen LogP contribution in [-0.4, -0.2) is 19.6 Å². The topological polar surface area (TPSA) is 41.6 Å². The van der Waals surface area contributed by atoms with Gasteiger partial charge in [0, 0.05) is 24.5 Å². The lowest BCUT2D eigenvalue weighted by Gasteiger charge is -2.30. The second kappa shape index (κ2) is 8.17. The Labute approximate surface area is 165 Å². The van der Waals surface area contributed by atoms with Crippen LogP contribution in [0.25, 0.3) is 0 Å². The summed E-state index contributed by atoms with van der Waals surface area (Å²) in [5.74, 6) is 0.768. The Morgan fingerprint density at radius 2 is 1.68 bits per heavy atom. The molecule has 1 aliphatic rings. The maximum atomic E-state index is 12.3. The van der Waals surface area contributed by atoms with Crippen molar-refractivity contribution in [2.75, 3.05) is 23.9 Å². The Bertz CT molecular complexity index is 949. The van der Waals surface area contributed by atoms with Crippen LogP contribution in [0.5, 0.6) is 5.75 Å². The molecule has 0 saturated carbocycles. The first kappa shape index (κ1) is 18.1. The van der Waals surface area contributed by atoms with Crippen LogP contribution in [0.2, 0.25) is 0 Å². The fourth-order valence-electron chi connectivity index (χ4n) is 3.61. The van der Waals surface area contributed by atoms with Crippen LogP contribution in [-0.2, 0) is 24.2 Å². The Kier molecular flexibility index (Phi) is 5.29. The number of carbonyl (C=O) groups is 1. The van der Waals surface area contributed by atoms with Crippen molar-refractivity contribution in [1.82, 2.24) is 0 Å². The van der Waals surface area contributed by atoms with Crippen LogP contribution in [0.4, 0.5) is 11.4 Å². The Morgan fingerprint density at radius 3 is 2.39 bits per heavy atom. The van der Waals surface area contributed by atoms with E-state index < -0.39 is 0 Å². The van der Waals surface area contributed by atoms with Crippen LogP contribution in [0, 0.1) is 0 Å². The normalized spacial score (nSPS) is 13.0. The average molecular weight is 372 g/mol. The van der Waals surface area contributed by atoms with E-state index in [0.29, 0.717) is 6.42 Å². The molecule has 0 atom stereocenters. The molecule has 0 aliphatic carbocycles. The summed E-state index contributed by atoms with van der Waals surface area (Å²) < 4.78 is 5.15. The van der Waals surface area contributed by atoms with Gasteiger partial charge in [-0.05, 0) is 59.5 Å². The van der Waals surface area contributed by atoms with Crippen molar-refractivity contribution in [2.24, 2.45) is 0 Å². The van der Waals surface area contributed by atoms with E-state index in [1.54, 1.807) is 7.11 Å². The summed E-state index contributed by atoms with van der Waals surface area (Å²) in [5.41, 5.74) is 5.80. The molecule has 0 fully saturated rings. The van der Waals surface area contributed by atoms with Crippen molar-refractivity contribution >= 4 is 17.3 Å². The van der Waals surface area contributed by atoms with Gasteiger partial charge in [-0.1, -0.05) is 36.4 Å². The minimum absolute atomic E-state index is 0.0233. The number of anilines is 2.